The van der Waals surface area contributed by atoms with E-state index >= 15 is 0 Å². The van der Waals surface area contributed by atoms with E-state index in [4.69, 9.17) is 23.2 Å². The molecule has 0 fully saturated rings. The van der Waals surface area contributed by atoms with Crippen LogP contribution in [0.15, 0.2) is 28.8 Å². The highest BCUT2D eigenvalue weighted by Crippen LogP contribution is 2.16. The number of benzene rings is 1. The Balaban J connectivity index is 2.71. The first kappa shape index (κ1) is 11.3. The van der Waals surface area contributed by atoms with E-state index in [2.05, 4.69) is 5.32 Å². The lowest BCUT2D eigenvalue weighted by atomic mass is 10.2. The van der Waals surface area contributed by atoms with Crippen LogP contribution < -0.4 is 5.32 Å². The second kappa shape index (κ2) is 5.23. The minimum atomic E-state index is -0.274. The highest BCUT2D eigenvalue weighted by Gasteiger charge is 2.00. The van der Waals surface area contributed by atoms with Crippen LogP contribution in [0.1, 0.15) is 5.56 Å². The first-order valence-electron chi connectivity index (χ1n) is 4.08. The first-order chi connectivity index (χ1) is 6.63. The quantitative estimate of drug-likeness (QED) is 0.837. The topological polar surface area (TPSA) is 12.0 Å². The summed E-state index contributed by atoms with van der Waals surface area (Å²) in [6.45, 7) is 2.29. The molecule has 0 saturated heterocycles. The predicted octanol–water partition coefficient (Wildman–Crippen LogP) is 3.87. The third-order valence-corrected chi connectivity index (χ3v) is 2.38. The van der Waals surface area contributed by atoms with E-state index in [0.717, 1.165) is 11.3 Å². The molecule has 14 heavy (non-hydrogen) atoms. The molecule has 4 heteroatoms. The molecule has 76 valence electrons. The van der Waals surface area contributed by atoms with Gasteiger partial charge in [-0.1, -0.05) is 29.3 Å². The van der Waals surface area contributed by atoms with Gasteiger partial charge in [0.2, 0.25) is 0 Å². The molecular formula is C10H10Cl2FN. The Kier molecular flexibility index (Phi) is 4.23. The van der Waals surface area contributed by atoms with Crippen LogP contribution in [0.4, 0.5) is 10.1 Å². The molecule has 0 spiro atoms. The molecule has 0 aliphatic heterocycles. The van der Waals surface area contributed by atoms with Gasteiger partial charge in [-0.05, 0) is 24.6 Å². The second-order valence-corrected chi connectivity index (χ2v) is 3.57. The largest absolute Gasteiger partial charge is 0.380 e. The molecule has 0 aliphatic rings. The van der Waals surface area contributed by atoms with Crippen molar-refractivity contribution in [3.05, 3.63) is 40.1 Å². The molecule has 1 aromatic rings. The lowest BCUT2D eigenvalue weighted by Crippen LogP contribution is -2.03. The van der Waals surface area contributed by atoms with Gasteiger partial charge in [0, 0.05) is 16.3 Å². The van der Waals surface area contributed by atoms with Gasteiger partial charge < -0.3 is 5.32 Å². The van der Waals surface area contributed by atoms with Crippen LogP contribution in [-0.2, 0) is 0 Å². The van der Waals surface area contributed by atoms with Crippen LogP contribution in [-0.4, -0.2) is 6.54 Å². The second-order valence-electron chi connectivity index (χ2n) is 2.87. The van der Waals surface area contributed by atoms with E-state index in [1.807, 2.05) is 6.92 Å². The maximum Gasteiger partial charge on any atom is 0.125 e. The van der Waals surface area contributed by atoms with E-state index < -0.39 is 0 Å². The predicted molar refractivity (Wildman–Crippen MR) is 59.4 cm³/mol. The number of aryl methyl sites for hydroxylation is 1. The molecule has 1 rings (SSSR count). The molecule has 0 unspecified atom stereocenters. The van der Waals surface area contributed by atoms with Gasteiger partial charge >= 0.3 is 0 Å². The summed E-state index contributed by atoms with van der Waals surface area (Å²) in [4.78, 5) is 0. The zero-order chi connectivity index (χ0) is 10.6. The van der Waals surface area contributed by atoms with Crippen LogP contribution in [0.3, 0.4) is 0 Å². The van der Waals surface area contributed by atoms with Crippen molar-refractivity contribution in [2.75, 3.05) is 11.9 Å². The molecular weight excluding hydrogens is 224 g/mol. The minimum absolute atomic E-state index is 0.274. The monoisotopic (exact) mass is 233 g/mol. The van der Waals surface area contributed by atoms with Crippen molar-refractivity contribution >= 4 is 28.9 Å². The fourth-order valence-electron chi connectivity index (χ4n) is 1.00. The molecule has 1 N–H and O–H groups in total. The molecule has 1 aromatic carbocycles. The highest BCUT2D eigenvalue weighted by atomic mass is 35.5. The van der Waals surface area contributed by atoms with Gasteiger partial charge in [0.25, 0.3) is 0 Å². The van der Waals surface area contributed by atoms with E-state index in [9.17, 15) is 4.39 Å². The molecule has 0 heterocycles. The normalized spacial score (nSPS) is 11.6. The van der Waals surface area contributed by atoms with Gasteiger partial charge in [-0.25, -0.2) is 4.39 Å². The van der Waals surface area contributed by atoms with Gasteiger partial charge in [0.1, 0.15) is 5.82 Å². The van der Waals surface area contributed by atoms with Crippen molar-refractivity contribution < 1.29 is 4.39 Å². The average molecular weight is 234 g/mol. The fraction of sp³-hybridized carbons (Fsp3) is 0.200. The SMILES string of the molecule is Cc1ccc(F)cc1NCC(Cl)=CCl. The molecule has 0 aromatic heterocycles. The van der Waals surface area contributed by atoms with Gasteiger partial charge in [-0.15, -0.1) is 0 Å². The summed E-state index contributed by atoms with van der Waals surface area (Å²) in [6.07, 6.45) is 0. The van der Waals surface area contributed by atoms with Crippen molar-refractivity contribution in [2.45, 2.75) is 6.92 Å². The Bertz CT molecular complexity index is 350. The Morgan fingerprint density at radius 1 is 1.57 bits per heavy atom. The van der Waals surface area contributed by atoms with Gasteiger partial charge in [-0.2, -0.15) is 0 Å². The summed E-state index contributed by atoms with van der Waals surface area (Å²) >= 11 is 11.1. The third kappa shape index (κ3) is 3.20. The van der Waals surface area contributed by atoms with Crippen LogP contribution in [0.25, 0.3) is 0 Å². The molecule has 0 atom stereocenters. The molecule has 1 nitrogen and oxygen atoms in total. The minimum Gasteiger partial charge on any atom is -0.380 e. The number of rotatable bonds is 3. The van der Waals surface area contributed by atoms with Crippen LogP contribution in [0.5, 0.6) is 0 Å². The van der Waals surface area contributed by atoms with Gasteiger partial charge in [0.05, 0.1) is 6.54 Å². The summed E-state index contributed by atoms with van der Waals surface area (Å²) in [5.74, 6) is -0.274. The zero-order valence-electron chi connectivity index (χ0n) is 7.65. The van der Waals surface area contributed by atoms with E-state index in [1.165, 1.54) is 17.7 Å². The number of anilines is 1. The van der Waals surface area contributed by atoms with E-state index in [1.54, 1.807) is 6.07 Å². The Labute approximate surface area is 92.5 Å². The van der Waals surface area contributed by atoms with E-state index in [-0.39, 0.29) is 5.82 Å². The molecule has 0 bridgehead atoms. The maximum atomic E-state index is 12.8. The highest BCUT2D eigenvalue weighted by molar-refractivity contribution is 6.36. The summed E-state index contributed by atoms with van der Waals surface area (Å²) < 4.78 is 12.8. The lowest BCUT2D eigenvalue weighted by Gasteiger charge is -2.08. The molecule has 0 aliphatic carbocycles. The summed E-state index contributed by atoms with van der Waals surface area (Å²) in [6, 6.07) is 4.54. The van der Waals surface area contributed by atoms with Crippen molar-refractivity contribution in [2.24, 2.45) is 0 Å². The van der Waals surface area contributed by atoms with E-state index in [0.29, 0.717) is 11.6 Å². The number of halogens is 3. The fourth-order valence-corrected chi connectivity index (χ4v) is 1.15. The van der Waals surface area contributed by atoms with Gasteiger partial charge in [-0.3, -0.25) is 0 Å². The van der Waals surface area contributed by atoms with Crippen molar-refractivity contribution in [1.82, 2.24) is 0 Å². The Hall–Kier alpha value is -0.730. The number of hydrogen-bond donors (Lipinski definition) is 1. The molecule has 0 amide bonds. The van der Waals surface area contributed by atoms with Crippen molar-refractivity contribution in [1.29, 1.82) is 0 Å². The maximum absolute atomic E-state index is 12.8. The third-order valence-electron chi connectivity index (χ3n) is 1.77. The molecule has 0 saturated carbocycles. The number of nitrogens with one attached hydrogen (secondary N) is 1. The molecule has 0 radical (unpaired) electrons. The van der Waals surface area contributed by atoms with Crippen LogP contribution >= 0.6 is 23.2 Å². The lowest BCUT2D eigenvalue weighted by molar-refractivity contribution is 0.628. The average Bonchev–Trinajstić information content (AvgIpc) is 2.19. The standard InChI is InChI=1S/C10H10Cl2FN/c1-7-2-3-9(13)4-10(7)14-6-8(12)5-11/h2-5,14H,6H2,1H3. The van der Waals surface area contributed by atoms with Gasteiger partial charge in [0.15, 0.2) is 0 Å². The Morgan fingerprint density at radius 2 is 2.29 bits per heavy atom. The number of hydrogen-bond acceptors (Lipinski definition) is 1. The van der Waals surface area contributed by atoms with Crippen molar-refractivity contribution in [3.8, 4) is 0 Å². The smallest absolute Gasteiger partial charge is 0.125 e. The van der Waals surface area contributed by atoms with Crippen LogP contribution in [0, 0.1) is 12.7 Å². The Morgan fingerprint density at radius 3 is 2.93 bits per heavy atom. The van der Waals surface area contributed by atoms with Crippen molar-refractivity contribution in [3.63, 3.8) is 0 Å². The summed E-state index contributed by atoms with van der Waals surface area (Å²) in [7, 11) is 0. The zero-order valence-corrected chi connectivity index (χ0v) is 9.16. The van der Waals surface area contributed by atoms with Crippen LogP contribution in [0.2, 0.25) is 0 Å². The summed E-state index contributed by atoms with van der Waals surface area (Å²) in [5, 5.41) is 3.46. The first-order valence-corrected chi connectivity index (χ1v) is 4.89. The summed E-state index contributed by atoms with van der Waals surface area (Å²) in [5.41, 5.74) is 2.97.